The summed E-state index contributed by atoms with van der Waals surface area (Å²) < 4.78 is 9.66. The van der Waals surface area contributed by atoms with Crippen LogP contribution >= 0.6 is 12.4 Å². The van der Waals surface area contributed by atoms with Crippen LogP contribution in [-0.4, -0.2) is 19.1 Å². The van der Waals surface area contributed by atoms with E-state index in [1.165, 1.54) is 32.5 Å². The predicted molar refractivity (Wildman–Crippen MR) is 489 cm³/mol. The highest BCUT2D eigenvalue weighted by atomic mass is 32.4. The molecule has 114 heavy (non-hydrogen) atoms. The lowest BCUT2D eigenvalue weighted by Crippen LogP contribution is -2.33. The first-order valence-corrected chi connectivity index (χ1v) is 44.1. The lowest BCUT2D eigenvalue weighted by atomic mass is 9.95. The molecule has 10 heteroatoms. The second-order valence-electron chi connectivity index (χ2n) is 29.5. The van der Waals surface area contributed by atoms with Gasteiger partial charge in [0.05, 0.1) is 57.0 Å². The van der Waals surface area contributed by atoms with Crippen LogP contribution in [-0.2, 0) is 23.6 Å². The third-order valence-electron chi connectivity index (χ3n) is 23.0. The number of rotatable bonds is 12. The summed E-state index contributed by atoms with van der Waals surface area (Å²) in [5, 5.41) is 10.3. The van der Waals surface area contributed by atoms with Gasteiger partial charge in [0, 0.05) is 81.9 Å². The lowest BCUT2D eigenvalue weighted by molar-refractivity contribution is 1.01. The first kappa shape index (κ1) is 67.5. The van der Waals surface area contributed by atoms with Crippen LogP contribution in [0.5, 0.6) is 0 Å². The molecule has 2 aliphatic heterocycles. The second-order valence-corrected chi connectivity index (χ2v) is 37.7. The zero-order chi connectivity index (χ0) is 75.6. The molecule has 0 radical (unpaired) electrons. The number of hydrogen-bond acceptors (Lipinski definition) is 4. The molecule has 2 unspecified atom stereocenters. The van der Waals surface area contributed by atoms with Gasteiger partial charge in [0.1, 0.15) is 0 Å². The molecule has 20 aromatic rings. The van der Waals surface area contributed by atoms with E-state index < -0.39 is 12.4 Å². The topological polar surface area (TPSA) is 42.1 Å². The smallest absolute Gasteiger partial charge is 0.235 e. The fourth-order valence-electron chi connectivity index (χ4n) is 17.8. The normalized spacial score (nSPS) is 14.9. The summed E-state index contributed by atoms with van der Waals surface area (Å²) >= 11 is 14.4. The number of anilines is 4. The first-order chi connectivity index (χ1) is 56.3. The molecule has 17 aromatic carbocycles. The van der Waals surface area contributed by atoms with Crippen molar-refractivity contribution in [1.29, 1.82) is 0 Å². The molecule has 5 heterocycles. The van der Waals surface area contributed by atoms with Crippen LogP contribution < -0.4 is 30.6 Å². The minimum absolute atomic E-state index is 0.635. The number of hydrogen-bond donors (Lipinski definition) is 0. The SMILES string of the molecule is S=P1(c2ccccc2)c2ccccc2-c2cc(-c3ccc4c(c3)c3ccccc3n4-c3cc(-c4ccccc4)cc(-c4cccc(-c5ccc(N6c7ccc(-c8ccc9c(c8)c8ccccc8n9-c8nc(-c9ccccc9)c9ccccc9n8)cc7-c7ccccc7P6(=S)c6ccccc6)cc5)c4)c3)ccc2N1c1ccccc1. The fraction of sp³-hybridized carbons (Fsp3) is 0. The number of nitrogens with zero attached hydrogens (tertiary/aromatic N) is 6. The Bertz CT molecular complexity index is 7370. The third-order valence-corrected chi connectivity index (χ3v) is 32.6. The van der Waals surface area contributed by atoms with Crippen molar-refractivity contribution >= 4 is 134 Å². The van der Waals surface area contributed by atoms with Gasteiger partial charge in [-0.2, -0.15) is 0 Å². The van der Waals surface area contributed by atoms with Crippen molar-refractivity contribution in [2.24, 2.45) is 0 Å². The van der Waals surface area contributed by atoms with Gasteiger partial charge in [-0.15, -0.1) is 0 Å². The minimum atomic E-state index is -2.76. The van der Waals surface area contributed by atoms with Gasteiger partial charge in [0.2, 0.25) is 5.95 Å². The van der Waals surface area contributed by atoms with Crippen molar-refractivity contribution in [2.45, 2.75) is 0 Å². The molecule has 0 saturated heterocycles. The van der Waals surface area contributed by atoms with Crippen molar-refractivity contribution < 1.29 is 0 Å². The van der Waals surface area contributed by atoms with E-state index in [1.807, 2.05) is 6.07 Å². The van der Waals surface area contributed by atoms with Crippen molar-refractivity contribution in [3.8, 4) is 101 Å². The van der Waals surface area contributed by atoms with Crippen LogP contribution in [0.3, 0.4) is 0 Å². The molecule has 6 nitrogen and oxygen atoms in total. The standard InChI is InChI=1S/C104H68N6P2S2/c113-111(83-35-12-4-13-36-83)101-47-24-19-41-87(101)92-67-76(53-59-99(92)109(111)80-33-10-3-11-34-80)74-51-57-97-90(65-74)85-39-17-22-45-95(85)107(97)82-63-78(69-27-6-1-7-28-69)62-79(64-82)73-32-26-31-72(61-73)70-49-55-81(56-50-70)110-100-60-54-77(68-93(100)88-42-20-25-48-102(88)112(110,114)84-37-14-5-15-38-84)75-52-58-98-91(66-75)86-40-18-23-46-96(86)108(98)104-105-94-44-21-16-43-89(94)103(106-104)71-29-8-2-9-30-71/h1-68H. The Morgan fingerprint density at radius 3 is 1.17 bits per heavy atom. The summed E-state index contributed by atoms with van der Waals surface area (Å²) in [6, 6.07) is 150. The Balaban J connectivity index is 0.624. The molecule has 0 amide bonds. The molecule has 0 bridgehead atoms. The third kappa shape index (κ3) is 10.9. The van der Waals surface area contributed by atoms with E-state index in [-0.39, 0.29) is 0 Å². The highest BCUT2D eigenvalue weighted by molar-refractivity contribution is 8.23. The van der Waals surface area contributed by atoms with Gasteiger partial charge in [0.15, 0.2) is 0 Å². The van der Waals surface area contributed by atoms with Crippen LogP contribution in [0.25, 0.3) is 155 Å². The quantitative estimate of drug-likeness (QED) is 0.114. The number of benzene rings is 17. The maximum Gasteiger partial charge on any atom is 0.235 e. The summed E-state index contributed by atoms with van der Waals surface area (Å²) in [5.41, 5.74) is 28.6. The van der Waals surface area contributed by atoms with E-state index in [2.05, 4.69) is 425 Å². The van der Waals surface area contributed by atoms with Crippen LogP contribution in [0.2, 0.25) is 0 Å². The molecule has 2 aliphatic rings. The zero-order valence-electron chi connectivity index (χ0n) is 61.7. The Kier molecular flexibility index (Phi) is 16.1. The average Bonchev–Trinajstić information content (AvgIpc) is 1.02. The maximum atomic E-state index is 7.33. The highest BCUT2D eigenvalue weighted by Gasteiger charge is 2.41. The van der Waals surface area contributed by atoms with Crippen molar-refractivity contribution in [3.05, 3.63) is 413 Å². The van der Waals surface area contributed by atoms with Gasteiger partial charge in [-0.05, 0) is 182 Å². The molecule has 2 atom stereocenters. The Morgan fingerprint density at radius 2 is 0.596 bits per heavy atom. The summed E-state index contributed by atoms with van der Waals surface area (Å²) in [7, 11) is 0. The molecule has 536 valence electrons. The van der Waals surface area contributed by atoms with Gasteiger partial charge in [-0.25, -0.2) is 9.97 Å². The first-order valence-electron chi connectivity index (χ1n) is 38.6. The van der Waals surface area contributed by atoms with E-state index in [4.69, 9.17) is 33.6 Å². The van der Waals surface area contributed by atoms with Crippen molar-refractivity contribution in [2.75, 3.05) is 9.34 Å². The number of fused-ring (bicyclic) bond motifs is 13. The molecule has 3 aromatic heterocycles. The minimum Gasteiger partial charge on any atom is -0.309 e. The number of para-hydroxylation sites is 4. The fourth-order valence-corrected chi connectivity index (χ4v) is 26.7. The molecule has 22 rings (SSSR count). The number of aromatic nitrogens is 4. The van der Waals surface area contributed by atoms with Gasteiger partial charge in [-0.1, -0.05) is 321 Å². The van der Waals surface area contributed by atoms with Gasteiger partial charge >= 0.3 is 0 Å². The molecule has 0 aliphatic carbocycles. The summed E-state index contributed by atoms with van der Waals surface area (Å²) in [6.07, 6.45) is -5.32. The summed E-state index contributed by atoms with van der Waals surface area (Å²) in [5.74, 6) is 0.635. The molecular formula is C104H68N6P2S2. The Labute approximate surface area is 671 Å². The molecule has 0 fully saturated rings. The highest BCUT2D eigenvalue weighted by Crippen LogP contribution is 2.64. The van der Waals surface area contributed by atoms with Crippen molar-refractivity contribution in [1.82, 2.24) is 19.1 Å². The molecule has 0 spiro atoms. The van der Waals surface area contributed by atoms with Crippen LogP contribution in [0, 0.1) is 0 Å². The van der Waals surface area contributed by atoms with Crippen LogP contribution in [0.4, 0.5) is 22.7 Å². The average molecular weight is 1530 g/mol. The second kappa shape index (κ2) is 27.2. The predicted octanol–water partition coefficient (Wildman–Crippen LogP) is 26.2. The lowest BCUT2D eigenvalue weighted by Gasteiger charge is -2.43. The summed E-state index contributed by atoms with van der Waals surface area (Å²) in [4.78, 5) is 10.6. The monoisotopic (exact) mass is 1530 g/mol. The molecule has 0 saturated carbocycles. The van der Waals surface area contributed by atoms with E-state index in [1.54, 1.807) is 0 Å². The Hall–Kier alpha value is -13.4. The summed E-state index contributed by atoms with van der Waals surface area (Å²) in [6.45, 7) is 0. The van der Waals surface area contributed by atoms with Gasteiger partial charge < -0.3 is 13.9 Å². The van der Waals surface area contributed by atoms with Gasteiger partial charge in [-0.3, -0.25) is 4.57 Å². The largest absolute Gasteiger partial charge is 0.309 e. The molecular weight excluding hydrogens is 1460 g/mol. The van der Waals surface area contributed by atoms with E-state index >= 15 is 0 Å². The van der Waals surface area contributed by atoms with E-state index in [0.29, 0.717) is 5.95 Å². The van der Waals surface area contributed by atoms with Crippen molar-refractivity contribution in [3.63, 3.8) is 0 Å². The maximum absolute atomic E-state index is 7.33. The van der Waals surface area contributed by atoms with Gasteiger partial charge in [0.25, 0.3) is 0 Å². The molecule has 0 N–H and O–H groups in total. The van der Waals surface area contributed by atoms with E-state index in [9.17, 15) is 0 Å². The van der Waals surface area contributed by atoms with E-state index in [0.717, 1.165) is 161 Å². The van der Waals surface area contributed by atoms with Crippen LogP contribution in [0.1, 0.15) is 0 Å². The Morgan fingerprint density at radius 1 is 0.219 bits per heavy atom. The van der Waals surface area contributed by atoms with Crippen LogP contribution in [0.15, 0.2) is 413 Å². The zero-order valence-corrected chi connectivity index (χ0v) is 65.1.